The first-order valence-corrected chi connectivity index (χ1v) is 8.67. The summed E-state index contributed by atoms with van der Waals surface area (Å²) in [7, 11) is 1.67. The van der Waals surface area contributed by atoms with Crippen LogP contribution in [0.15, 0.2) is 24.3 Å². The number of amides is 1. The molecule has 3 N–H and O–H groups in total. The van der Waals surface area contributed by atoms with Gasteiger partial charge in [-0.3, -0.25) is 4.79 Å². The maximum atomic E-state index is 12.6. The Morgan fingerprint density at radius 3 is 2.96 bits per heavy atom. The highest BCUT2D eigenvalue weighted by molar-refractivity contribution is 5.86. The molecule has 0 spiro atoms. The fraction of sp³-hybridized carbons (Fsp3) is 0.611. The first kappa shape index (κ1) is 17.0. The van der Waals surface area contributed by atoms with Gasteiger partial charge in [0.1, 0.15) is 5.75 Å². The molecule has 0 bridgehead atoms. The molecule has 1 atom stereocenters. The molecule has 1 aromatic carbocycles. The molecule has 1 amide bonds. The number of carbonyl (C=O) groups is 1. The number of hydrogen-bond donors (Lipinski definition) is 2. The summed E-state index contributed by atoms with van der Waals surface area (Å²) in [6, 6.07) is 8.17. The maximum Gasteiger partial charge on any atom is 0.240 e. The topological polar surface area (TPSA) is 76.8 Å². The highest BCUT2D eigenvalue weighted by atomic mass is 16.5. The van der Waals surface area contributed by atoms with Crippen LogP contribution in [0.4, 0.5) is 5.69 Å². The van der Waals surface area contributed by atoms with E-state index < -0.39 is 5.54 Å². The van der Waals surface area contributed by atoms with Crippen molar-refractivity contribution in [1.29, 1.82) is 0 Å². The van der Waals surface area contributed by atoms with Gasteiger partial charge in [-0.1, -0.05) is 6.07 Å². The Balaban J connectivity index is 1.62. The second-order valence-electron chi connectivity index (χ2n) is 6.73. The van der Waals surface area contributed by atoms with Crippen LogP contribution in [-0.2, 0) is 9.53 Å². The molecule has 0 aliphatic carbocycles. The van der Waals surface area contributed by atoms with E-state index in [-0.39, 0.29) is 11.9 Å². The SMILES string of the molecule is COc1cccc(N2CCCC(NC(=O)C3(N)CCOCC3)C2)c1. The number of methoxy groups -OCH3 is 1. The number of anilines is 1. The lowest BCUT2D eigenvalue weighted by Crippen LogP contribution is -2.60. The first-order chi connectivity index (χ1) is 11.6. The third-order valence-electron chi connectivity index (χ3n) is 5.01. The Bertz CT molecular complexity index is 572. The largest absolute Gasteiger partial charge is 0.497 e. The molecule has 2 saturated heterocycles. The highest BCUT2D eigenvalue weighted by Crippen LogP contribution is 2.25. The zero-order valence-corrected chi connectivity index (χ0v) is 14.3. The molecule has 3 rings (SSSR count). The van der Waals surface area contributed by atoms with Crippen LogP contribution in [0.5, 0.6) is 5.75 Å². The standard InChI is InChI=1S/C18H27N3O3/c1-23-16-6-2-5-15(12-16)21-9-3-4-14(13-21)20-17(22)18(19)7-10-24-11-8-18/h2,5-6,12,14H,3-4,7-11,13,19H2,1H3,(H,20,22). The third-order valence-corrected chi connectivity index (χ3v) is 5.01. The van der Waals surface area contributed by atoms with Crippen molar-refractivity contribution in [2.24, 2.45) is 5.73 Å². The first-order valence-electron chi connectivity index (χ1n) is 8.67. The molecule has 1 aromatic rings. The number of nitrogens with two attached hydrogens (primary N) is 1. The number of hydrogen-bond acceptors (Lipinski definition) is 5. The van der Waals surface area contributed by atoms with Gasteiger partial charge < -0.3 is 25.4 Å². The zero-order chi connectivity index (χ0) is 17.0. The van der Waals surface area contributed by atoms with Gasteiger partial charge in [-0.25, -0.2) is 0 Å². The average Bonchev–Trinajstić information content (AvgIpc) is 2.62. The van der Waals surface area contributed by atoms with Crippen molar-refractivity contribution < 1.29 is 14.3 Å². The van der Waals surface area contributed by atoms with E-state index in [1.807, 2.05) is 18.2 Å². The minimum Gasteiger partial charge on any atom is -0.497 e. The number of nitrogens with zero attached hydrogens (tertiary/aromatic N) is 1. The number of rotatable bonds is 4. The highest BCUT2D eigenvalue weighted by Gasteiger charge is 2.37. The molecule has 1 unspecified atom stereocenters. The molecule has 132 valence electrons. The van der Waals surface area contributed by atoms with Crippen molar-refractivity contribution in [3.8, 4) is 5.75 Å². The molecular weight excluding hydrogens is 306 g/mol. The zero-order valence-electron chi connectivity index (χ0n) is 14.3. The van der Waals surface area contributed by atoms with Gasteiger partial charge in [0.2, 0.25) is 5.91 Å². The van der Waals surface area contributed by atoms with E-state index in [4.69, 9.17) is 15.2 Å². The van der Waals surface area contributed by atoms with E-state index >= 15 is 0 Å². The monoisotopic (exact) mass is 333 g/mol. The van der Waals surface area contributed by atoms with Crippen molar-refractivity contribution in [2.45, 2.75) is 37.3 Å². The molecule has 2 heterocycles. The lowest BCUT2D eigenvalue weighted by Gasteiger charge is -2.38. The fourth-order valence-corrected chi connectivity index (χ4v) is 3.43. The quantitative estimate of drug-likeness (QED) is 0.868. The summed E-state index contributed by atoms with van der Waals surface area (Å²) < 4.78 is 10.6. The summed E-state index contributed by atoms with van der Waals surface area (Å²) in [5, 5.41) is 3.17. The van der Waals surface area contributed by atoms with Crippen LogP contribution in [0.3, 0.4) is 0 Å². The summed E-state index contributed by atoms with van der Waals surface area (Å²) >= 11 is 0. The van der Waals surface area contributed by atoms with Gasteiger partial charge in [0, 0.05) is 44.1 Å². The normalized spacial score (nSPS) is 23.6. The van der Waals surface area contributed by atoms with Crippen LogP contribution in [0.2, 0.25) is 0 Å². The minimum atomic E-state index is -0.781. The molecule has 0 aromatic heterocycles. The molecular formula is C18H27N3O3. The Labute approximate surface area is 143 Å². The lowest BCUT2D eigenvalue weighted by atomic mass is 9.89. The Morgan fingerprint density at radius 1 is 1.42 bits per heavy atom. The van der Waals surface area contributed by atoms with Crippen LogP contribution in [0.1, 0.15) is 25.7 Å². The number of nitrogens with one attached hydrogen (secondary N) is 1. The smallest absolute Gasteiger partial charge is 0.240 e. The molecule has 6 heteroatoms. The van der Waals surface area contributed by atoms with Gasteiger partial charge in [0.25, 0.3) is 0 Å². The van der Waals surface area contributed by atoms with Crippen molar-refractivity contribution in [3.63, 3.8) is 0 Å². The predicted molar refractivity (Wildman–Crippen MR) is 93.3 cm³/mol. The summed E-state index contributed by atoms with van der Waals surface area (Å²) in [4.78, 5) is 14.9. The number of ether oxygens (including phenoxy) is 2. The van der Waals surface area contributed by atoms with E-state index in [2.05, 4.69) is 16.3 Å². The fourth-order valence-electron chi connectivity index (χ4n) is 3.43. The molecule has 0 radical (unpaired) electrons. The van der Waals surface area contributed by atoms with Crippen molar-refractivity contribution in [1.82, 2.24) is 5.32 Å². The van der Waals surface area contributed by atoms with Crippen molar-refractivity contribution in [2.75, 3.05) is 38.3 Å². The number of piperidine rings is 1. The van der Waals surface area contributed by atoms with E-state index in [9.17, 15) is 4.79 Å². The Hall–Kier alpha value is -1.79. The molecule has 2 aliphatic heterocycles. The lowest BCUT2D eigenvalue weighted by molar-refractivity contribution is -0.130. The molecule has 24 heavy (non-hydrogen) atoms. The van der Waals surface area contributed by atoms with Crippen LogP contribution in [-0.4, -0.2) is 50.9 Å². The van der Waals surface area contributed by atoms with Crippen LogP contribution in [0.25, 0.3) is 0 Å². The van der Waals surface area contributed by atoms with Crippen LogP contribution >= 0.6 is 0 Å². The van der Waals surface area contributed by atoms with E-state index in [0.29, 0.717) is 26.1 Å². The summed E-state index contributed by atoms with van der Waals surface area (Å²) in [5.41, 5.74) is 6.63. The Morgan fingerprint density at radius 2 is 2.21 bits per heavy atom. The van der Waals surface area contributed by atoms with Crippen molar-refractivity contribution in [3.05, 3.63) is 24.3 Å². The van der Waals surface area contributed by atoms with Crippen LogP contribution in [0, 0.1) is 0 Å². The molecule has 6 nitrogen and oxygen atoms in total. The second kappa shape index (κ2) is 7.40. The van der Waals surface area contributed by atoms with Crippen LogP contribution < -0.4 is 20.7 Å². The van der Waals surface area contributed by atoms with Gasteiger partial charge in [0.05, 0.1) is 12.6 Å². The minimum absolute atomic E-state index is 0.0386. The summed E-state index contributed by atoms with van der Waals surface area (Å²) in [5.74, 6) is 0.810. The molecule has 2 aliphatic rings. The molecule has 2 fully saturated rings. The van der Waals surface area contributed by atoms with E-state index in [1.54, 1.807) is 7.11 Å². The predicted octanol–water partition coefficient (Wildman–Crippen LogP) is 1.29. The van der Waals surface area contributed by atoms with Gasteiger partial charge >= 0.3 is 0 Å². The number of benzene rings is 1. The maximum absolute atomic E-state index is 12.6. The second-order valence-corrected chi connectivity index (χ2v) is 6.73. The summed E-state index contributed by atoms with van der Waals surface area (Å²) in [6.07, 6.45) is 3.21. The van der Waals surface area contributed by atoms with Crippen molar-refractivity contribution >= 4 is 11.6 Å². The van der Waals surface area contributed by atoms with Gasteiger partial charge in [-0.05, 0) is 37.8 Å². The van der Waals surface area contributed by atoms with E-state index in [0.717, 1.165) is 37.4 Å². The average molecular weight is 333 g/mol. The van der Waals surface area contributed by atoms with Gasteiger partial charge in [0.15, 0.2) is 0 Å². The Kier molecular flexibility index (Phi) is 5.26. The van der Waals surface area contributed by atoms with Gasteiger partial charge in [-0.2, -0.15) is 0 Å². The third kappa shape index (κ3) is 3.82. The van der Waals surface area contributed by atoms with Gasteiger partial charge in [-0.15, -0.1) is 0 Å². The number of carbonyl (C=O) groups excluding carboxylic acids is 1. The molecule has 0 saturated carbocycles. The summed E-state index contributed by atoms with van der Waals surface area (Å²) in [6.45, 7) is 2.90. The van der Waals surface area contributed by atoms with E-state index in [1.165, 1.54) is 0 Å².